The van der Waals surface area contributed by atoms with E-state index in [1.807, 2.05) is 31.2 Å². The molecule has 1 N–H and O–H groups in total. The molecule has 2 saturated heterocycles. The molecule has 0 aliphatic carbocycles. The lowest BCUT2D eigenvalue weighted by molar-refractivity contribution is -0.122. The number of carbonyl (C=O) groups excluding carboxylic acids is 1. The van der Waals surface area contributed by atoms with Gasteiger partial charge in [0.15, 0.2) is 0 Å². The Bertz CT molecular complexity index is 1370. The lowest BCUT2D eigenvalue weighted by Gasteiger charge is -2.37. The summed E-state index contributed by atoms with van der Waals surface area (Å²) in [6.45, 7) is 7.99. The molecule has 3 heterocycles. The first-order valence-electron chi connectivity index (χ1n) is 13.0. The van der Waals surface area contributed by atoms with Crippen LogP contribution in [-0.2, 0) is 17.8 Å². The summed E-state index contributed by atoms with van der Waals surface area (Å²) in [4.78, 5) is 33.1. The number of amides is 1. The van der Waals surface area contributed by atoms with E-state index in [1.54, 1.807) is 29.6 Å². The number of ether oxygens (including phenoxy) is 1. The van der Waals surface area contributed by atoms with Crippen molar-refractivity contribution in [1.82, 2.24) is 14.4 Å². The third-order valence-electron chi connectivity index (χ3n) is 7.18. The number of methoxy groups -OCH3 is 1. The van der Waals surface area contributed by atoms with Gasteiger partial charge < -0.3 is 14.7 Å². The molecule has 2 aliphatic heterocycles. The van der Waals surface area contributed by atoms with Crippen molar-refractivity contribution >= 4 is 46.1 Å². The molecule has 39 heavy (non-hydrogen) atoms. The number of piperazine rings is 1. The van der Waals surface area contributed by atoms with E-state index in [-0.39, 0.29) is 23.6 Å². The van der Waals surface area contributed by atoms with Gasteiger partial charge in [-0.2, -0.15) is 5.26 Å². The smallest absolute Gasteiger partial charge is 0.270 e. The van der Waals surface area contributed by atoms with E-state index >= 15 is 0 Å². The summed E-state index contributed by atoms with van der Waals surface area (Å²) in [6.07, 6.45) is 2.44. The number of β-amino-alcohol motifs (C(OH)–C–C–N with tert-alkyl or cyclic N) is 1. The minimum atomic E-state index is -0.325. The van der Waals surface area contributed by atoms with Crippen LogP contribution < -0.4 is 15.2 Å². The Labute approximate surface area is 238 Å². The lowest BCUT2D eigenvalue weighted by atomic mass is 10.0. The van der Waals surface area contributed by atoms with Crippen LogP contribution in [0.15, 0.2) is 34.0 Å². The number of carbonyl (C=O) groups is 1. The summed E-state index contributed by atoms with van der Waals surface area (Å²) in [5.74, 6) is 1.31. The molecular weight excluding hydrogens is 534 g/mol. The number of rotatable bonds is 9. The van der Waals surface area contributed by atoms with Gasteiger partial charge in [0.2, 0.25) is 0 Å². The summed E-state index contributed by atoms with van der Waals surface area (Å²) in [5, 5.41) is 19.1. The summed E-state index contributed by atoms with van der Waals surface area (Å²) >= 11 is 6.82. The van der Waals surface area contributed by atoms with E-state index in [9.17, 15) is 20.0 Å². The summed E-state index contributed by atoms with van der Waals surface area (Å²) in [5.41, 5.74) is 2.08. The molecule has 9 nitrogen and oxygen atoms in total. The van der Waals surface area contributed by atoms with E-state index in [0.717, 1.165) is 24.4 Å². The fourth-order valence-electron chi connectivity index (χ4n) is 4.96. The fraction of sp³-hybridized carbons (Fsp3) is 0.429. The van der Waals surface area contributed by atoms with Crippen molar-refractivity contribution < 1.29 is 14.6 Å². The molecule has 0 saturated carbocycles. The number of hydrogen-bond acceptors (Lipinski definition) is 9. The van der Waals surface area contributed by atoms with Crippen LogP contribution >= 0.6 is 24.0 Å². The zero-order chi connectivity index (χ0) is 28.1. The maximum Gasteiger partial charge on any atom is 0.270 e. The Balaban J connectivity index is 1.67. The number of thioether (sulfide) groups is 1. The monoisotopic (exact) mass is 567 g/mol. The maximum absolute atomic E-state index is 13.5. The van der Waals surface area contributed by atoms with Crippen LogP contribution in [0.2, 0.25) is 0 Å². The number of aliphatic hydroxyl groups excluding tert-OH is 1. The van der Waals surface area contributed by atoms with Crippen LogP contribution in [0.3, 0.4) is 0 Å². The first-order valence-corrected chi connectivity index (χ1v) is 14.2. The molecule has 0 radical (unpaired) electrons. The summed E-state index contributed by atoms with van der Waals surface area (Å²) in [6, 6.07) is 9.81. The van der Waals surface area contributed by atoms with E-state index in [4.69, 9.17) is 17.0 Å². The van der Waals surface area contributed by atoms with Gasteiger partial charge in [-0.3, -0.25) is 24.0 Å². The first kappa shape index (κ1) is 28.8. The SMILES string of the molecule is CCn1c(N2CCN(CCO)CC2)c(C=C2SC(=S)N(CCc3ccc(OC)cc3)C2=O)c(C)c(C#N)c1=O. The number of pyridine rings is 1. The van der Waals surface area contributed by atoms with Crippen molar-refractivity contribution in [3.8, 4) is 11.8 Å². The van der Waals surface area contributed by atoms with Crippen LogP contribution in [0, 0.1) is 18.3 Å². The van der Waals surface area contributed by atoms with Gasteiger partial charge in [-0.05, 0) is 49.6 Å². The minimum absolute atomic E-state index is 0.0840. The normalized spacial score (nSPS) is 17.3. The molecule has 0 unspecified atom stereocenters. The summed E-state index contributed by atoms with van der Waals surface area (Å²) in [7, 11) is 1.62. The molecule has 206 valence electrons. The number of aromatic nitrogens is 1. The second-order valence-corrected chi connectivity index (χ2v) is 11.1. The molecule has 2 aliphatic rings. The molecule has 2 aromatic rings. The third-order valence-corrected chi connectivity index (χ3v) is 8.56. The van der Waals surface area contributed by atoms with Crippen molar-refractivity contribution in [3.05, 3.63) is 61.8 Å². The minimum Gasteiger partial charge on any atom is -0.497 e. The van der Waals surface area contributed by atoms with E-state index in [2.05, 4.69) is 15.9 Å². The van der Waals surface area contributed by atoms with Crippen LogP contribution in [0.4, 0.5) is 5.82 Å². The molecule has 4 rings (SSSR count). The average Bonchev–Trinajstić information content (AvgIpc) is 3.21. The Hall–Kier alpha value is -3.17. The van der Waals surface area contributed by atoms with Gasteiger partial charge in [0.05, 0.1) is 18.6 Å². The number of hydrogen-bond donors (Lipinski definition) is 1. The van der Waals surface area contributed by atoms with Crippen molar-refractivity contribution in [2.24, 2.45) is 0 Å². The zero-order valence-electron chi connectivity index (χ0n) is 22.5. The quantitative estimate of drug-likeness (QED) is 0.362. The number of aliphatic hydroxyl groups is 1. The third kappa shape index (κ3) is 6.04. The van der Waals surface area contributed by atoms with Gasteiger partial charge in [0, 0.05) is 51.4 Å². The number of anilines is 1. The molecule has 0 atom stereocenters. The van der Waals surface area contributed by atoms with Crippen LogP contribution in [0.25, 0.3) is 6.08 Å². The predicted molar refractivity (Wildman–Crippen MR) is 158 cm³/mol. The molecule has 1 aromatic heterocycles. The van der Waals surface area contributed by atoms with Crippen LogP contribution in [0.5, 0.6) is 5.75 Å². The number of benzene rings is 1. The summed E-state index contributed by atoms with van der Waals surface area (Å²) < 4.78 is 7.33. The van der Waals surface area contributed by atoms with Gasteiger partial charge in [0.1, 0.15) is 27.5 Å². The molecular formula is C28H33N5O4S2. The molecule has 1 aromatic carbocycles. The lowest BCUT2D eigenvalue weighted by Crippen LogP contribution is -2.49. The molecule has 1 amide bonds. The highest BCUT2D eigenvalue weighted by Gasteiger charge is 2.33. The largest absolute Gasteiger partial charge is 0.497 e. The van der Waals surface area contributed by atoms with E-state index < -0.39 is 0 Å². The van der Waals surface area contributed by atoms with Gasteiger partial charge >= 0.3 is 0 Å². The van der Waals surface area contributed by atoms with Crippen molar-refractivity contribution in [3.63, 3.8) is 0 Å². The fourth-order valence-corrected chi connectivity index (χ4v) is 6.25. The van der Waals surface area contributed by atoms with Crippen molar-refractivity contribution in [1.29, 1.82) is 5.26 Å². The van der Waals surface area contributed by atoms with Crippen LogP contribution in [-0.4, -0.2) is 82.7 Å². The van der Waals surface area contributed by atoms with E-state index in [0.29, 0.717) is 65.3 Å². The number of nitriles is 1. The molecule has 11 heteroatoms. The highest BCUT2D eigenvalue weighted by atomic mass is 32.2. The van der Waals surface area contributed by atoms with Gasteiger partial charge in [-0.1, -0.05) is 36.1 Å². The van der Waals surface area contributed by atoms with Crippen molar-refractivity contribution in [2.45, 2.75) is 26.8 Å². The Morgan fingerprint density at radius 2 is 1.85 bits per heavy atom. The number of thiocarbonyl (C=S) groups is 1. The first-order chi connectivity index (χ1) is 18.8. The average molecular weight is 568 g/mol. The standard InChI is InChI=1S/C28H33N5O4S2/c1-4-32-25(31-13-11-30(12-14-31)15-16-34)22(19(2)23(18-29)26(32)35)17-24-27(36)33(28(38)39-24)10-9-20-5-7-21(37-3)8-6-20/h5-8,17,34H,4,9-16H2,1-3H3. The Morgan fingerprint density at radius 3 is 2.44 bits per heavy atom. The molecule has 0 bridgehead atoms. The predicted octanol–water partition coefficient (Wildman–Crippen LogP) is 2.62. The Morgan fingerprint density at radius 1 is 1.15 bits per heavy atom. The second-order valence-electron chi connectivity index (χ2n) is 9.38. The van der Waals surface area contributed by atoms with Gasteiger partial charge in [-0.15, -0.1) is 0 Å². The topological polar surface area (TPSA) is 102 Å². The van der Waals surface area contributed by atoms with Crippen LogP contribution in [0.1, 0.15) is 29.2 Å². The zero-order valence-corrected chi connectivity index (χ0v) is 24.1. The maximum atomic E-state index is 13.5. The second kappa shape index (κ2) is 12.8. The molecule has 0 spiro atoms. The Kier molecular flexibility index (Phi) is 9.45. The van der Waals surface area contributed by atoms with Gasteiger partial charge in [0.25, 0.3) is 11.5 Å². The highest BCUT2D eigenvalue weighted by molar-refractivity contribution is 8.26. The van der Waals surface area contributed by atoms with E-state index in [1.165, 1.54) is 11.8 Å². The molecule has 2 fully saturated rings. The van der Waals surface area contributed by atoms with Crippen molar-refractivity contribution in [2.75, 3.05) is 57.9 Å². The highest BCUT2D eigenvalue weighted by Crippen LogP contribution is 2.36. The number of nitrogens with zero attached hydrogens (tertiary/aromatic N) is 5. The van der Waals surface area contributed by atoms with Gasteiger partial charge in [-0.25, -0.2) is 0 Å².